The number of aromatic nitrogens is 5. The summed E-state index contributed by atoms with van der Waals surface area (Å²) < 4.78 is 9.61. The Morgan fingerprint density at radius 3 is 2.86 bits per heavy atom. The SMILES string of the molecule is CC1CC[C@H](C)Oc2ccnc3[nH]c(=O)n(c23)-c2ccc3c(=O)ccn1c3n2. The minimum atomic E-state index is -0.354. The molecule has 4 aromatic rings. The van der Waals surface area contributed by atoms with E-state index in [9.17, 15) is 9.59 Å². The Labute approximate surface area is 159 Å². The average Bonchev–Trinajstić information content (AvgIpc) is 3.02. The van der Waals surface area contributed by atoms with Gasteiger partial charge in [0.2, 0.25) is 0 Å². The molecule has 0 aromatic carbocycles. The van der Waals surface area contributed by atoms with Crippen molar-refractivity contribution in [1.29, 1.82) is 0 Å². The van der Waals surface area contributed by atoms with Crippen LogP contribution < -0.4 is 15.9 Å². The van der Waals surface area contributed by atoms with Gasteiger partial charge in [-0.05, 0) is 38.8 Å². The van der Waals surface area contributed by atoms with Crippen LogP contribution in [0.15, 0.2) is 46.2 Å². The van der Waals surface area contributed by atoms with Crippen LogP contribution in [0.2, 0.25) is 0 Å². The molecule has 28 heavy (non-hydrogen) atoms. The zero-order valence-electron chi connectivity index (χ0n) is 15.5. The lowest BCUT2D eigenvalue weighted by Gasteiger charge is -2.22. The van der Waals surface area contributed by atoms with Crippen molar-refractivity contribution in [2.24, 2.45) is 0 Å². The second-order valence-electron chi connectivity index (χ2n) is 7.25. The maximum Gasteiger partial charge on any atom is 0.333 e. The Hall–Kier alpha value is -3.42. The first kappa shape index (κ1) is 16.7. The van der Waals surface area contributed by atoms with Crippen LogP contribution in [0.25, 0.3) is 28.0 Å². The number of hydrogen-bond donors (Lipinski definition) is 1. The highest BCUT2D eigenvalue weighted by Crippen LogP contribution is 2.28. The highest BCUT2D eigenvalue weighted by atomic mass is 16.5. The van der Waals surface area contributed by atoms with Crippen molar-refractivity contribution in [3.05, 3.63) is 57.4 Å². The molecule has 4 aromatic heterocycles. The van der Waals surface area contributed by atoms with Crippen molar-refractivity contribution in [3.8, 4) is 11.6 Å². The van der Waals surface area contributed by atoms with Crippen molar-refractivity contribution < 1.29 is 4.74 Å². The monoisotopic (exact) mass is 377 g/mol. The smallest absolute Gasteiger partial charge is 0.333 e. The van der Waals surface area contributed by atoms with Gasteiger partial charge in [-0.15, -0.1) is 0 Å². The van der Waals surface area contributed by atoms with E-state index in [2.05, 4.69) is 16.9 Å². The Morgan fingerprint density at radius 2 is 2.00 bits per heavy atom. The van der Waals surface area contributed by atoms with Crippen LogP contribution in [0.3, 0.4) is 0 Å². The van der Waals surface area contributed by atoms with E-state index in [-0.39, 0.29) is 23.3 Å². The predicted octanol–water partition coefficient (Wildman–Crippen LogP) is 2.55. The number of aromatic amines is 1. The van der Waals surface area contributed by atoms with Gasteiger partial charge in [0.15, 0.2) is 11.1 Å². The standard InChI is InChI=1S/C20H19N5O3/c1-11-3-4-12(2)28-15-7-9-21-18-17(15)25(20(27)23-18)16-6-5-13-14(26)8-10-24(11)19(13)22-16/h5-12H,3-4H2,1-2H3,(H,21,23,27)/t11?,12-/m0/s1. The Morgan fingerprint density at radius 1 is 1.14 bits per heavy atom. The van der Waals surface area contributed by atoms with Gasteiger partial charge >= 0.3 is 5.69 Å². The summed E-state index contributed by atoms with van der Waals surface area (Å²) in [7, 11) is 0. The van der Waals surface area contributed by atoms with Crippen LogP contribution >= 0.6 is 0 Å². The van der Waals surface area contributed by atoms with Gasteiger partial charge in [0.1, 0.15) is 22.7 Å². The first-order valence-electron chi connectivity index (χ1n) is 9.31. The molecular weight excluding hydrogens is 358 g/mol. The average molecular weight is 377 g/mol. The molecule has 8 heteroatoms. The summed E-state index contributed by atoms with van der Waals surface area (Å²) in [5, 5.41) is 0.533. The summed E-state index contributed by atoms with van der Waals surface area (Å²) >= 11 is 0. The van der Waals surface area contributed by atoms with E-state index >= 15 is 0 Å². The van der Waals surface area contributed by atoms with E-state index in [0.717, 1.165) is 12.8 Å². The third-order valence-electron chi connectivity index (χ3n) is 5.32. The molecule has 5 rings (SSSR count). The van der Waals surface area contributed by atoms with Crippen molar-refractivity contribution in [2.75, 3.05) is 0 Å². The van der Waals surface area contributed by atoms with Crippen molar-refractivity contribution >= 4 is 22.2 Å². The lowest BCUT2D eigenvalue weighted by molar-refractivity contribution is 0.202. The molecule has 1 aliphatic heterocycles. The van der Waals surface area contributed by atoms with Crippen LogP contribution in [0.4, 0.5) is 0 Å². The number of fused-ring (bicyclic) bond motifs is 2. The summed E-state index contributed by atoms with van der Waals surface area (Å²) in [6.45, 7) is 4.10. The molecule has 1 N–H and O–H groups in total. The van der Waals surface area contributed by atoms with E-state index in [0.29, 0.717) is 33.8 Å². The van der Waals surface area contributed by atoms with Crippen LogP contribution in [0, 0.1) is 0 Å². The minimum Gasteiger partial charge on any atom is -0.488 e. The topological polar surface area (TPSA) is 94.8 Å². The highest BCUT2D eigenvalue weighted by molar-refractivity contribution is 5.81. The normalized spacial score (nSPS) is 19.4. The molecule has 1 aliphatic rings. The Kier molecular flexibility index (Phi) is 3.61. The van der Waals surface area contributed by atoms with E-state index < -0.39 is 0 Å². The van der Waals surface area contributed by atoms with Gasteiger partial charge in [-0.25, -0.2) is 19.3 Å². The van der Waals surface area contributed by atoms with Crippen LogP contribution in [-0.4, -0.2) is 30.2 Å². The van der Waals surface area contributed by atoms with Crippen LogP contribution in [0.5, 0.6) is 5.75 Å². The van der Waals surface area contributed by atoms with Crippen molar-refractivity contribution in [2.45, 2.75) is 38.8 Å². The number of nitrogens with one attached hydrogen (secondary N) is 1. The third kappa shape index (κ3) is 2.45. The van der Waals surface area contributed by atoms with Gasteiger partial charge in [0.25, 0.3) is 0 Å². The first-order valence-corrected chi connectivity index (χ1v) is 9.31. The van der Waals surface area contributed by atoms with Gasteiger partial charge in [-0.2, -0.15) is 0 Å². The first-order chi connectivity index (χ1) is 13.5. The highest BCUT2D eigenvalue weighted by Gasteiger charge is 2.20. The van der Waals surface area contributed by atoms with Gasteiger partial charge in [0, 0.05) is 30.6 Å². The molecule has 0 aliphatic carbocycles. The fraction of sp³-hybridized carbons (Fsp3) is 0.300. The number of ether oxygens (including phenoxy) is 1. The summed E-state index contributed by atoms with van der Waals surface area (Å²) in [4.78, 5) is 36.8. The zero-order chi connectivity index (χ0) is 19.4. The second-order valence-corrected chi connectivity index (χ2v) is 7.25. The number of pyridine rings is 3. The number of rotatable bonds is 0. The maximum atomic E-state index is 12.7. The molecule has 0 radical (unpaired) electrons. The number of H-pyrrole nitrogens is 1. The van der Waals surface area contributed by atoms with E-state index in [4.69, 9.17) is 9.72 Å². The molecule has 5 heterocycles. The van der Waals surface area contributed by atoms with Crippen molar-refractivity contribution in [1.82, 2.24) is 24.1 Å². The molecule has 142 valence electrons. The molecule has 0 spiro atoms. The summed E-state index contributed by atoms with van der Waals surface area (Å²) in [6, 6.07) is 6.84. The molecule has 0 amide bonds. The van der Waals surface area contributed by atoms with Crippen LogP contribution in [-0.2, 0) is 0 Å². The largest absolute Gasteiger partial charge is 0.488 e. The van der Waals surface area contributed by atoms with Gasteiger partial charge in [0.05, 0.1) is 11.5 Å². The lowest BCUT2D eigenvalue weighted by Crippen LogP contribution is -2.21. The molecule has 0 saturated carbocycles. The zero-order valence-corrected chi connectivity index (χ0v) is 15.5. The summed E-state index contributed by atoms with van der Waals surface area (Å²) in [6.07, 6.45) is 5.01. The van der Waals surface area contributed by atoms with Crippen molar-refractivity contribution in [3.63, 3.8) is 0 Å². The molecule has 2 bridgehead atoms. The molecule has 0 fully saturated rings. The Bertz CT molecular complexity index is 1330. The molecule has 1 unspecified atom stereocenters. The fourth-order valence-electron chi connectivity index (χ4n) is 3.82. The number of imidazole rings is 1. The van der Waals surface area contributed by atoms with E-state index in [1.807, 2.05) is 11.5 Å². The van der Waals surface area contributed by atoms with Gasteiger partial charge in [-0.3, -0.25) is 9.78 Å². The number of nitrogens with zero attached hydrogens (tertiary/aromatic N) is 4. The van der Waals surface area contributed by atoms with E-state index in [1.54, 1.807) is 36.7 Å². The summed E-state index contributed by atoms with van der Waals surface area (Å²) in [5.41, 5.74) is 1.11. The fourth-order valence-corrected chi connectivity index (χ4v) is 3.82. The molecular formula is C20H19N5O3. The van der Waals surface area contributed by atoms with Crippen LogP contribution in [0.1, 0.15) is 32.7 Å². The Balaban J connectivity index is 1.91. The second kappa shape index (κ2) is 6.05. The molecule has 0 saturated heterocycles. The third-order valence-corrected chi connectivity index (χ3v) is 5.32. The predicted molar refractivity (Wildman–Crippen MR) is 105 cm³/mol. The summed E-state index contributed by atoms with van der Waals surface area (Å²) in [5.74, 6) is 0.998. The quantitative estimate of drug-likeness (QED) is 0.508. The van der Waals surface area contributed by atoms with E-state index in [1.165, 1.54) is 4.57 Å². The lowest BCUT2D eigenvalue weighted by atomic mass is 10.1. The maximum absolute atomic E-state index is 12.7. The van der Waals surface area contributed by atoms with Gasteiger partial charge in [-0.1, -0.05) is 0 Å². The molecule has 8 nitrogen and oxygen atoms in total. The molecule has 2 atom stereocenters. The minimum absolute atomic E-state index is 0.0490. The number of hydrogen-bond acceptors (Lipinski definition) is 5. The van der Waals surface area contributed by atoms with Gasteiger partial charge < -0.3 is 9.30 Å².